The van der Waals surface area contributed by atoms with Gasteiger partial charge < -0.3 is 42.5 Å². The molecule has 398 valence electrons. The van der Waals surface area contributed by atoms with E-state index in [0.717, 1.165) is 49.7 Å². The number of hydrogen-bond acceptors (Lipinski definition) is 10. The van der Waals surface area contributed by atoms with Crippen LogP contribution in [0, 0.1) is 22.7 Å². The number of amides is 6. The van der Waals surface area contributed by atoms with Crippen LogP contribution >= 0.6 is 0 Å². The number of hydrogen-bond donors (Lipinski definition) is 6. The molecule has 3 aromatic carbocycles. The highest BCUT2D eigenvalue weighted by Crippen LogP contribution is 2.36. The molecule has 0 spiro atoms. The average Bonchev–Trinajstić information content (AvgIpc) is 3.98. The first-order valence-electron chi connectivity index (χ1n) is 26.6. The van der Waals surface area contributed by atoms with Gasteiger partial charge in [0.2, 0.25) is 35.4 Å². The molecule has 0 saturated carbocycles. The van der Waals surface area contributed by atoms with Crippen molar-refractivity contribution in [3.63, 3.8) is 0 Å². The summed E-state index contributed by atoms with van der Waals surface area (Å²) in [6.45, 7) is 14.2. The fourth-order valence-corrected chi connectivity index (χ4v) is 11.3. The minimum atomic E-state index is -1.01. The average molecular weight is 1020 g/mol. The van der Waals surface area contributed by atoms with Crippen molar-refractivity contribution in [3.05, 3.63) is 106 Å². The first-order chi connectivity index (χ1) is 34.9. The Morgan fingerprint density at radius 2 is 0.946 bits per heavy atom. The number of rotatable bonds is 16. The van der Waals surface area contributed by atoms with Crippen LogP contribution in [0.1, 0.15) is 162 Å². The number of aryl methyl sites for hydroxylation is 2. The molecule has 74 heavy (non-hydrogen) atoms. The third-order valence-corrected chi connectivity index (χ3v) is 15.4. The molecule has 2 aliphatic heterocycles. The van der Waals surface area contributed by atoms with Crippen molar-refractivity contribution in [3.8, 4) is 0 Å². The van der Waals surface area contributed by atoms with Gasteiger partial charge in [0.15, 0.2) is 11.6 Å². The monoisotopic (exact) mass is 1010 g/mol. The van der Waals surface area contributed by atoms with Gasteiger partial charge in [0.25, 0.3) is 0 Å². The third-order valence-electron chi connectivity index (χ3n) is 15.4. The molecule has 3 aromatic rings. The molecule has 16 nitrogen and oxygen atoms in total. The van der Waals surface area contributed by atoms with Crippen molar-refractivity contribution in [1.82, 2.24) is 31.1 Å². The van der Waals surface area contributed by atoms with Gasteiger partial charge in [0.05, 0.1) is 24.2 Å². The molecule has 6 amide bonds. The zero-order valence-electron chi connectivity index (χ0n) is 44.5. The molecule has 10 atom stereocenters. The Morgan fingerprint density at radius 1 is 0.568 bits per heavy atom. The van der Waals surface area contributed by atoms with E-state index in [1.54, 1.807) is 24.3 Å². The number of nitrogens with one attached hydrogen (secondary N) is 4. The maximum absolute atomic E-state index is 14.6. The van der Waals surface area contributed by atoms with Crippen LogP contribution in [-0.4, -0.2) is 106 Å². The van der Waals surface area contributed by atoms with Crippen molar-refractivity contribution in [1.29, 1.82) is 0 Å². The molecule has 0 bridgehead atoms. The summed E-state index contributed by atoms with van der Waals surface area (Å²) in [6.07, 6.45) is 5.47. The molecule has 16 heteroatoms. The van der Waals surface area contributed by atoms with Gasteiger partial charge in [-0.2, -0.15) is 0 Å². The van der Waals surface area contributed by atoms with E-state index in [-0.39, 0.29) is 74.2 Å². The SMILES string of the molecule is C[C@H](N)C(=O)N[C@H](C(=O)N1C[C@@H](CC(=O)c2cccc(C(=O)C[C@H]3C[C@@H](C(=O)N[C@H]4CCCc5ccccc54)N(C(=O)[C@@H](NC(=O)[C@H](C)N)C(C)(C)C)C3)c2)C[C@H]1C(=O)N[C@H]1CCCc2ccccc21)C(C)(C)C. The zero-order valence-corrected chi connectivity index (χ0v) is 44.5. The van der Waals surface area contributed by atoms with Gasteiger partial charge in [-0.15, -0.1) is 0 Å². The van der Waals surface area contributed by atoms with Crippen molar-refractivity contribution < 1.29 is 38.4 Å². The van der Waals surface area contributed by atoms with Crippen molar-refractivity contribution in [2.75, 3.05) is 13.1 Å². The number of carbonyl (C=O) groups excluding carboxylic acids is 8. The normalized spacial score (nSPS) is 23.3. The minimum absolute atomic E-state index is 0.0137. The van der Waals surface area contributed by atoms with Crippen molar-refractivity contribution in [2.24, 2.45) is 34.1 Å². The second-order valence-corrected chi connectivity index (χ2v) is 23.5. The summed E-state index contributed by atoms with van der Waals surface area (Å²) < 4.78 is 0. The number of nitrogens with two attached hydrogens (primary N) is 2. The number of Topliss-reactive ketones (excluding diaryl/α,β-unsaturated/α-hetero) is 2. The van der Waals surface area contributed by atoms with E-state index in [1.807, 2.05) is 77.9 Å². The van der Waals surface area contributed by atoms with Crippen molar-refractivity contribution in [2.45, 2.75) is 168 Å². The maximum atomic E-state index is 14.6. The van der Waals surface area contributed by atoms with E-state index in [2.05, 4.69) is 33.4 Å². The molecular formula is C58H78N8O8. The van der Waals surface area contributed by atoms with Gasteiger partial charge in [-0.3, -0.25) is 38.4 Å². The molecule has 2 aliphatic carbocycles. The van der Waals surface area contributed by atoms with Crippen LogP contribution in [0.5, 0.6) is 0 Å². The summed E-state index contributed by atoms with van der Waals surface area (Å²) in [5.74, 6) is -3.91. The Bertz CT molecular complexity index is 2440. The molecule has 7 rings (SSSR count). The van der Waals surface area contributed by atoms with Crippen LogP contribution in [-0.2, 0) is 41.6 Å². The van der Waals surface area contributed by atoms with Gasteiger partial charge >= 0.3 is 0 Å². The van der Waals surface area contributed by atoms with Gasteiger partial charge in [0.1, 0.15) is 24.2 Å². The zero-order chi connectivity index (χ0) is 53.8. The lowest BCUT2D eigenvalue weighted by atomic mass is 9.85. The second-order valence-electron chi connectivity index (χ2n) is 23.5. The summed E-state index contributed by atoms with van der Waals surface area (Å²) in [6, 6.07) is 16.4. The molecule has 0 radical (unpaired) electrons. The summed E-state index contributed by atoms with van der Waals surface area (Å²) >= 11 is 0. The van der Waals surface area contributed by atoms with Crippen molar-refractivity contribution >= 4 is 47.0 Å². The molecule has 2 saturated heterocycles. The van der Waals surface area contributed by atoms with Crippen LogP contribution in [0.4, 0.5) is 0 Å². The van der Waals surface area contributed by atoms with Crippen LogP contribution < -0.4 is 32.7 Å². The number of fused-ring (bicyclic) bond motifs is 2. The number of carbonyl (C=O) groups is 8. The fraction of sp³-hybridized carbons (Fsp3) is 0.552. The van der Waals surface area contributed by atoms with Gasteiger partial charge in [-0.1, -0.05) is 108 Å². The van der Waals surface area contributed by atoms with Crippen LogP contribution in [0.15, 0.2) is 72.8 Å². The van der Waals surface area contributed by atoms with E-state index in [0.29, 0.717) is 11.1 Å². The molecular weight excluding hydrogens is 937 g/mol. The molecule has 0 unspecified atom stereocenters. The number of ketones is 2. The lowest BCUT2D eigenvalue weighted by Crippen LogP contribution is -2.59. The third kappa shape index (κ3) is 13.0. The summed E-state index contributed by atoms with van der Waals surface area (Å²) in [5, 5.41) is 12.1. The number of likely N-dealkylation sites (tertiary alicyclic amines) is 2. The lowest BCUT2D eigenvalue weighted by Gasteiger charge is -2.36. The van der Waals surface area contributed by atoms with E-state index in [4.69, 9.17) is 11.5 Å². The van der Waals surface area contributed by atoms with E-state index in [9.17, 15) is 38.4 Å². The smallest absolute Gasteiger partial charge is 0.246 e. The van der Waals surface area contributed by atoms with Crippen LogP contribution in [0.2, 0.25) is 0 Å². The van der Waals surface area contributed by atoms with Gasteiger partial charge in [-0.25, -0.2) is 0 Å². The molecule has 8 N–H and O–H groups in total. The quantitative estimate of drug-likeness (QED) is 0.0997. The predicted octanol–water partition coefficient (Wildman–Crippen LogP) is 5.41. The molecule has 4 aliphatic rings. The Balaban J connectivity index is 1.08. The van der Waals surface area contributed by atoms with Crippen LogP contribution in [0.25, 0.3) is 0 Å². The predicted molar refractivity (Wildman–Crippen MR) is 282 cm³/mol. The van der Waals surface area contributed by atoms with Gasteiger partial charge in [0, 0.05) is 37.1 Å². The highest BCUT2D eigenvalue weighted by Gasteiger charge is 2.48. The molecule has 2 heterocycles. The lowest BCUT2D eigenvalue weighted by molar-refractivity contribution is -0.144. The van der Waals surface area contributed by atoms with Crippen LogP contribution in [0.3, 0.4) is 0 Å². The van der Waals surface area contributed by atoms with E-state index in [1.165, 1.54) is 34.8 Å². The highest BCUT2D eigenvalue weighted by atomic mass is 16.2. The second kappa shape index (κ2) is 23.1. The highest BCUT2D eigenvalue weighted by molar-refractivity contribution is 6.02. The number of benzene rings is 3. The first kappa shape index (κ1) is 55.5. The number of nitrogens with zero attached hydrogens (tertiary/aromatic N) is 2. The topological polar surface area (TPSA) is 243 Å². The Labute approximate surface area is 436 Å². The summed E-state index contributed by atoms with van der Waals surface area (Å²) in [5.41, 5.74) is 15.4. The Kier molecular flexibility index (Phi) is 17.3. The van der Waals surface area contributed by atoms with E-state index >= 15 is 0 Å². The van der Waals surface area contributed by atoms with E-state index < -0.39 is 82.5 Å². The molecule has 0 aromatic heterocycles. The minimum Gasteiger partial charge on any atom is -0.347 e. The molecule has 2 fully saturated rings. The largest absolute Gasteiger partial charge is 0.347 e. The Morgan fingerprint density at radius 3 is 1.31 bits per heavy atom. The summed E-state index contributed by atoms with van der Waals surface area (Å²) in [4.78, 5) is 115. The first-order valence-corrected chi connectivity index (χ1v) is 26.6. The maximum Gasteiger partial charge on any atom is 0.246 e. The standard InChI is InChI=1S/C58H78N8O8/c1-33(59)51(69)63-49(57(3,4)5)55(73)65-31-35(26-45(65)53(71)61-43-24-14-18-37-16-9-11-22-41(37)43)28-47(67)39-20-13-21-40(30-39)48(68)29-36-27-46(54(72)62-44-25-15-19-38-17-10-12-23-42(38)44)66(32-36)56(74)50(58(6,7)8)64-52(70)34(2)60/h9-13,16-17,20-23,30,33-36,43-46,49-50H,14-15,18-19,24-29,31-32,59-60H2,1-8H3,(H,61,71)(H,62,72)(H,63,69)(H,64,70)/t33-,34-,35+,36+,43-,44-,45-,46-,49+,50+/m0/s1. The van der Waals surface area contributed by atoms with Gasteiger partial charge in [-0.05, 0) is 116 Å². The summed E-state index contributed by atoms with van der Waals surface area (Å²) in [7, 11) is 0. The fourth-order valence-electron chi connectivity index (χ4n) is 11.3. The Hall–Kier alpha value is -6.26.